The summed E-state index contributed by atoms with van der Waals surface area (Å²) < 4.78 is 37.7. The Hall–Kier alpha value is -3.11. The van der Waals surface area contributed by atoms with Gasteiger partial charge in [-0.1, -0.05) is 24.3 Å². The summed E-state index contributed by atoms with van der Waals surface area (Å²) in [6.07, 6.45) is 1.82. The second-order valence-electron chi connectivity index (χ2n) is 7.63. The third-order valence-corrected chi connectivity index (χ3v) is 7.49. The maximum absolute atomic E-state index is 12.9. The van der Waals surface area contributed by atoms with Gasteiger partial charge in [-0.05, 0) is 49.1 Å². The molecule has 1 aliphatic rings. The fraction of sp³-hybridized carbons (Fsp3) is 0.391. The molecule has 33 heavy (non-hydrogen) atoms. The number of ether oxygens (including phenoxy) is 2. The molecule has 0 radical (unpaired) electrons. The zero-order chi connectivity index (χ0) is 23.8. The van der Waals surface area contributed by atoms with Crippen molar-refractivity contribution < 1.29 is 27.5 Å². The van der Waals surface area contributed by atoms with E-state index in [1.165, 1.54) is 4.31 Å². The van der Waals surface area contributed by atoms with Gasteiger partial charge < -0.3 is 20.1 Å². The van der Waals surface area contributed by atoms with Crippen LogP contribution in [0, 0.1) is 0 Å². The van der Waals surface area contributed by atoms with E-state index < -0.39 is 27.9 Å². The van der Waals surface area contributed by atoms with E-state index >= 15 is 0 Å². The predicted molar refractivity (Wildman–Crippen MR) is 123 cm³/mol. The van der Waals surface area contributed by atoms with Gasteiger partial charge in [0.05, 0.1) is 19.1 Å². The molecule has 2 N–H and O–H groups in total. The van der Waals surface area contributed by atoms with Crippen LogP contribution >= 0.6 is 0 Å². The number of rotatable bonds is 9. The highest BCUT2D eigenvalue weighted by molar-refractivity contribution is 7.89. The van der Waals surface area contributed by atoms with Crippen LogP contribution in [-0.4, -0.2) is 64.4 Å². The maximum atomic E-state index is 12.9. The third kappa shape index (κ3) is 6.02. The van der Waals surface area contributed by atoms with Gasteiger partial charge in [0.1, 0.15) is 0 Å². The Morgan fingerprint density at radius 2 is 1.70 bits per heavy atom. The molecule has 178 valence electrons. The molecule has 1 aliphatic heterocycles. The molecule has 9 nitrogen and oxygen atoms in total. The van der Waals surface area contributed by atoms with Crippen LogP contribution in [0.15, 0.2) is 53.4 Å². The van der Waals surface area contributed by atoms with Crippen molar-refractivity contribution in [3.05, 3.63) is 54.1 Å². The predicted octanol–water partition coefficient (Wildman–Crippen LogP) is 1.33. The van der Waals surface area contributed by atoms with Crippen LogP contribution in [0.5, 0.6) is 11.5 Å². The molecule has 0 saturated carbocycles. The monoisotopic (exact) mass is 475 g/mol. The van der Waals surface area contributed by atoms with Crippen molar-refractivity contribution in [3.63, 3.8) is 0 Å². The molecule has 1 heterocycles. The summed E-state index contributed by atoms with van der Waals surface area (Å²) >= 11 is 0. The van der Waals surface area contributed by atoms with Crippen molar-refractivity contribution >= 4 is 21.8 Å². The molecule has 0 aliphatic carbocycles. The third-order valence-electron chi connectivity index (χ3n) is 5.52. The zero-order valence-electron chi connectivity index (χ0n) is 18.7. The Kier molecular flexibility index (Phi) is 8.29. The fourth-order valence-electron chi connectivity index (χ4n) is 3.79. The molecule has 10 heteroatoms. The van der Waals surface area contributed by atoms with Gasteiger partial charge in [-0.2, -0.15) is 4.31 Å². The molecule has 1 saturated heterocycles. The van der Waals surface area contributed by atoms with E-state index in [4.69, 9.17) is 9.47 Å². The first-order valence-corrected chi connectivity index (χ1v) is 12.1. The first-order chi connectivity index (χ1) is 15.9. The molecule has 0 unspecified atom stereocenters. The lowest BCUT2D eigenvalue weighted by atomic mass is 10.1. The number of hydrogen-bond acceptors (Lipinski definition) is 6. The van der Waals surface area contributed by atoms with Crippen LogP contribution in [0.3, 0.4) is 0 Å². The number of benzene rings is 2. The highest BCUT2D eigenvalue weighted by atomic mass is 32.2. The lowest BCUT2D eigenvalue weighted by Crippen LogP contribution is -2.47. The summed E-state index contributed by atoms with van der Waals surface area (Å²) in [5.74, 6) is -0.345. The summed E-state index contributed by atoms with van der Waals surface area (Å²) in [6, 6.07) is 13.3. The Morgan fingerprint density at radius 3 is 2.39 bits per heavy atom. The van der Waals surface area contributed by atoms with Gasteiger partial charge in [-0.3, -0.25) is 9.59 Å². The molecular formula is C23H29N3O6S. The van der Waals surface area contributed by atoms with E-state index in [0.717, 1.165) is 5.56 Å². The topological polar surface area (TPSA) is 114 Å². The lowest BCUT2D eigenvalue weighted by molar-refractivity contribution is -0.139. The average Bonchev–Trinajstić information content (AvgIpc) is 3.32. The molecule has 1 fully saturated rings. The largest absolute Gasteiger partial charge is 0.493 e. The normalized spacial score (nSPS) is 16.2. The van der Waals surface area contributed by atoms with E-state index in [2.05, 4.69) is 10.6 Å². The van der Waals surface area contributed by atoms with Crippen LogP contribution in [0.1, 0.15) is 18.4 Å². The minimum absolute atomic E-state index is 0.0774. The molecular weight excluding hydrogens is 446 g/mol. The van der Waals surface area contributed by atoms with Crippen molar-refractivity contribution in [2.75, 3.05) is 33.9 Å². The second-order valence-corrected chi connectivity index (χ2v) is 9.52. The smallest absolute Gasteiger partial charge is 0.309 e. The summed E-state index contributed by atoms with van der Waals surface area (Å²) in [5.41, 5.74) is 0.918. The molecule has 0 bridgehead atoms. The molecule has 3 rings (SSSR count). The Labute approximate surface area is 194 Å². The summed E-state index contributed by atoms with van der Waals surface area (Å²) in [5, 5.41) is 5.15. The minimum atomic E-state index is -3.65. The van der Waals surface area contributed by atoms with Gasteiger partial charge in [-0.15, -0.1) is 0 Å². The van der Waals surface area contributed by atoms with Crippen LogP contribution in [0.2, 0.25) is 0 Å². The van der Waals surface area contributed by atoms with Crippen LogP contribution in [0.4, 0.5) is 0 Å². The first kappa shape index (κ1) is 24.5. The standard InChI is InChI=1S/C23H29N3O6S/c1-31-20-11-10-17(15-21(20)32-2)12-13-24-22(27)23(28)25-16-18-7-6-14-26(18)33(29,30)19-8-4-3-5-9-19/h3-5,8-11,15,18H,6-7,12-14,16H2,1-2H3,(H,24,27)(H,25,28)/t18-/m0/s1. The molecule has 2 amide bonds. The molecule has 0 aromatic heterocycles. The van der Waals surface area contributed by atoms with E-state index in [1.807, 2.05) is 12.1 Å². The van der Waals surface area contributed by atoms with Gasteiger partial charge in [0.25, 0.3) is 0 Å². The van der Waals surface area contributed by atoms with E-state index in [0.29, 0.717) is 37.3 Å². The lowest BCUT2D eigenvalue weighted by Gasteiger charge is -2.24. The van der Waals surface area contributed by atoms with Crippen molar-refractivity contribution in [1.29, 1.82) is 0 Å². The Morgan fingerprint density at radius 1 is 1.00 bits per heavy atom. The maximum Gasteiger partial charge on any atom is 0.309 e. The van der Waals surface area contributed by atoms with Gasteiger partial charge in [-0.25, -0.2) is 8.42 Å². The molecule has 2 aromatic rings. The van der Waals surface area contributed by atoms with Crippen LogP contribution in [0.25, 0.3) is 0 Å². The second kappa shape index (κ2) is 11.2. The average molecular weight is 476 g/mol. The Balaban J connectivity index is 1.48. The van der Waals surface area contributed by atoms with Crippen molar-refractivity contribution in [3.8, 4) is 11.5 Å². The molecule has 0 spiro atoms. The number of sulfonamides is 1. The van der Waals surface area contributed by atoms with E-state index in [1.54, 1.807) is 50.6 Å². The quantitative estimate of drug-likeness (QED) is 0.529. The van der Waals surface area contributed by atoms with Crippen LogP contribution < -0.4 is 20.1 Å². The van der Waals surface area contributed by atoms with E-state index in [-0.39, 0.29) is 18.0 Å². The van der Waals surface area contributed by atoms with Gasteiger partial charge in [0.2, 0.25) is 10.0 Å². The fourth-order valence-corrected chi connectivity index (χ4v) is 5.50. The highest BCUT2D eigenvalue weighted by Gasteiger charge is 2.35. The van der Waals surface area contributed by atoms with Crippen LogP contribution in [-0.2, 0) is 26.0 Å². The number of methoxy groups -OCH3 is 2. The number of amides is 2. The Bertz CT molecular complexity index is 1070. The van der Waals surface area contributed by atoms with Crippen molar-refractivity contribution in [1.82, 2.24) is 14.9 Å². The van der Waals surface area contributed by atoms with Gasteiger partial charge in [0, 0.05) is 25.7 Å². The number of nitrogens with zero attached hydrogens (tertiary/aromatic N) is 1. The van der Waals surface area contributed by atoms with Gasteiger partial charge in [0.15, 0.2) is 11.5 Å². The first-order valence-electron chi connectivity index (χ1n) is 10.7. The van der Waals surface area contributed by atoms with Gasteiger partial charge >= 0.3 is 11.8 Å². The number of carbonyl (C=O) groups is 2. The number of carbonyl (C=O) groups excluding carboxylic acids is 2. The number of nitrogens with one attached hydrogen (secondary N) is 2. The SMILES string of the molecule is COc1ccc(CCNC(=O)C(=O)NC[C@@H]2CCCN2S(=O)(=O)c2ccccc2)cc1OC. The summed E-state index contributed by atoms with van der Waals surface area (Å²) in [6.45, 7) is 0.725. The van der Waals surface area contributed by atoms with E-state index in [9.17, 15) is 18.0 Å². The van der Waals surface area contributed by atoms with Crippen molar-refractivity contribution in [2.24, 2.45) is 0 Å². The zero-order valence-corrected chi connectivity index (χ0v) is 19.6. The summed E-state index contributed by atoms with van der Waals surface area (Å²) in [7, 11) is -0.550. The van der Waals surface area contributed by atoms with Crippen molar-refractivity contribution in [2.45, 2.75) is 30.2 Å². The summed E-state index contributed by atoms with van der Waals surface area (Å²) in [4.78, 5) is 24.6. The highest BCUT2D eigenvalue weighted by Crippen LogP contribution is 2.28. The molecule has 1 atom stereocenters. The minimum Gasteiger partial charge on any atom is -0.493 e. The number of hydrogen-bond donors (Lipinski definition) is 2. The molecule has 2 aromatic carbocycles.